The van der Waals surface area contributed by atoms with Crippen LogP contribution in [0.3, 0.4) is 0 Å². The van der Waals surface area contributed by atoms with Gasteiger partial charge in [0.05, 0.1) is 11.4 Å². The Kier molecular flexibility index (Phi) is 2.74. The molecule has 0 unspecified atom stereocenters. The van der Waals surface area contributed by atoms with Crippen molar-refractivity contribution in [3.05, 3.63) is 66.5 Å². The van der Waals surface area contributed by atoms with E-state index in [9.17, 15) is 4.39 Å². The number of halogens is 1. The van der Waals surface area contributed by atoms with Crippen LogP contribution in [0.5, 0.6) is 0 Å². The predicted octanol–water partition coefficient (Wildman–Crippen LogP) is 3.66. The van der Waals surface area contributed by atoms with Gasteiger partial charge in [0.1, 0.15) is 5.82 Å². The van der Waals surface area contributed by atoms with Gasteiger partial charge in [-0.05, 0) is 25.0 Å². The number of fused-ring (bicyclic) bond motifs is 2. The Bertz CT molecular complexity index is 919. The number of pyridine rings is 1. The van der Waals surface area contributed by atoms with Crippen LogP contribution < -0.4 is 4.90 Å². The molecule has 4 nitrogen and oxygen atoms in total. The molecule has 0 atom stereocenters. The molecule has 0 N–H and O–H groups in total. The van der Waals surface area contributed by atoms with Gasteiger partial charge in [-0.1, -0.05) is 18.2 Å². The summed E-state index contributed by atoms with van der Waals surface area (Å²) < 4.78 is 13.9. The maximum absolute atomic E-state index is 13.9. The lowest BCUT2D eigenvalue weighted by atomic mass is 10.1. The number of anilines is 2. The third-order valence-electron chi connectivity index (χ3n) is 4.90. The van der Waals surface area contributed by atoms with Crippen LogP contribution in [0.25, 0.3) is 11.1 Å². The van der Waals surface area contributed by atoms with Gasteiger partial charge in [0.25, 0.3) is 0 Å². The van der Waals surface area contributed by atoms with E-state index in [2.05, 4.69) is 25.9 Å². The van der Waals surface area contributed by atoms with Crippen molar-refractivity contribution in [2.45, 2.75) is 18.3 Å². The van der Waals surface area contributed by atoms with E-state index in [4.69, 9.17) is 0 Å². The fraction of sp³-hybridized carbons (Fsp3) is 0.211. The number of nitrogens with zero attached hydrogens (tertiary/aromatic N) is 4. The normalized spacial score (nSPS) is 17.1. The van der Waals surface area contributed by atoms with Gasteiger partial charge in [0.2, 0.25) is 5.95 Å². The fourth-order valence-corrected chi connectivity index (χ4v) is 3.45. The molecule has 24 heavy (non-hydrogen) atoms. The molecule has 3 aromatic rings. The van der Waals surface area contributed by atoms with E-state index in [1.165, 1.54) is 6.07 Å². The van der Waals surface area contributed by atoms with Crippen molar-refractivity contribution in [2.75, 3.05) is 11.4 Å². The summed E-state index contributed by atoms with van der Waals surface area (Å²) in [5.74, 6) is 0.359. The first-order valence-corrected chi connectivity index (χ1v) is 7.98. The van der Waals surface area contributed by atoms with E-state index in [0.717, 1.165) is 30.8 Å². The summed E-state index contributed by atoms with van der Waals surface area (Å²) in [4.78, 5) is 15.6. The highest BCUT2D eigenvalue weighted by Gasteiger charge is 2.53. The SMILES string of the molecule is Fc1ccccc1-c1cnc(N2CC3(CC3)c3nc[c]cc32)nc1. The monoisotopic (exact) mass is 317 g/mol. The molecule has 1 aliphatic carbocycles. The summed E-state index contributed by atoms with van der Waals surface area (Å²) in [5, 5.41) is 0. The molecule has 1 aromatic carbocycles. The third kappa shape index (κ3) is 1.94. The van der Waals surface area contributed by atoms with E-state index in [0.29, 0.717) is 17.1 Å². The minimum Gasteiger partial charge on any atom is -0.308 e. The van der Waals surface area contributed by atoms with Gasteiger partial charge >= 0.3 is 0 Å². The largest absolute Gasteiger partial charge is 0.308 e. The quantitative estimate of drug-likeness (QED) is 0.723. The molecule has 1 saturated carbocycles. The van der Waals surface area contributed by atoms with Crippen molar-refractivity contribution in [1.82, 2.24) is 15.0 Å². The molecule has 0 amide bonds. The van der Waals surface area contributed by atoms with Gasteiger partial charge in [0, 0.05) is 47.7 Å². The summed E-state index contributed by atoms with van der Waals surface area (Å²) in [5.41, 5.74) is 3.52. The lowest BCUT2D eigenvalue weighted by molar-refractivity contribution is 0.631. The molecule has 3 heterocycles. The second-order valence-corrected chi connectivity index (χ2v) is 6.42. The molecule has 5 rings (SSSR count). The van der Waals surface area contributed by atoms with E-state index < -0.39 is 0 Å². The van der Waals surface area contributed by atoms with Gasteiger partial charge in [-0.25, -0.2) is 14.4 Å². The number of aromatic nitrogens is 3. The van der Waals surface area contributed by atoms with Gasteiger partial charge in [-0.3, -0.25) is 4.98 Å². The summed E-state index contributed by atoms with van der Waals surface area (Å²) in [6.07, 6.45) is 7.39. The Morgan fingerprint density at radius 3 is 2.62 bits per heavy atom. The zero-order valence-corrected chi connectivity index (χ0v) is 12.9. The minimum absolute atomic E-state index is 0.165. The summed E-state index contributed by atoms with van der Waals surface area (Å²) in [6.45, 7) is 0.853. The van der Waals surface area contributed by atoms with E-state index in [1.54, 1.807) is 36.8 Å². The molecular weight excluding hydrogens is 303 g/mol. The van der Waals surface area contributed by atoms with Crippen LogP contribution in [0.4, 0.5) is 16.0 Å². The first-order chi connectivity index (χ1) is 11.8. The first-order valence-electron chi connectivity index (χ1n) is 7.98. The highest BCUT2D eigenvalue weighted by atomic mass is 19.1. The average Bonchev–Trinajstić information content (AvgIpc) is 3.33. The number of rotatable bonds is 2. The van der Waals surface area contributed by atoms with Gasteiger partial charge in [-0.15, -0.1) is 0 Å². The third-order valence-corrected chi connectivity index (χ3v) is 4.90. The minimum atomic E-state index is -0.267. The van der Waals surface area contributed by atoms with E-state index in [1.807, 2.05) is 6.07 Å². The van der Waals surface area contributed by atoms with Crippen LogP contribution in [0.15, 0.2) is 48.9 Å². The van der Waals surface area contributed by atoms with Crippen LogP contribution in [-0.4, -0.2) is 21.5 Å². The van der Waals surface area contributed by atoms with Crippen LogP contribution in [-0.2, 0) is 5.41 Å². The zero-order valence-electron chi connectivity index (χ0n) is 12.9. The van der Waals surface area contributed by atoms with Crippen LogP contribution in [0.1, 0.15) is 18.5 Å². The standard InChI is InChI=1S/C19H14FN4/c20-15-5-2-1-4-14(15)13-10-22-18(23-11-13)24-12-19(7-8-19)17-16(24)6-3-9-21-17/h1-2,4-6,9-11H,7-8,12H2. The van der Waals surface area contributed by atoms with Crippen molar-refractivity contribution in [1.29, 1.82) is 0 Å². The maximum Gasteiger partial charge on any atom is 0.229 e. The molecule has 0 bridgehead atoms. The summed E-state index contributed by atoms with van der Waals surface area (Å²) in [7, 11) is 0. The van der Waals surface area contributed by atoms with Crippen molar-refractivity contribution in [3.8, 4) is 11.1 Å². The second-order valence-electron chi connectivity index (χ2n) is 6.42. The van der Waals surface area contributed by atoms with Gasteiger partial charge in [-0.2, -0.15) is 0 Å². The number of hydrogen-bond donors (Lipinski definition) is 0. The Morgan fingerprint density at radius 1 is 1.08 bits per heavy atom. The fourth-order valence-electron chi connectivity index (χ4n) is 3.45. The van der Waals surface area contributed by atoms with Crippen molar-refractivity contribution >= 4 is 11.6 Å². The van der Waals surface area contributed by atoms with Crippen LogP contribution >= 0.6 is 0 Å². The van der Waals surface area contributed by atoms with Crippen molar-refractivity contribution in [3.63, 3.8) is 0 Å². The maximum atomic E-state index is 13.9. The average molecular weight is 317 g/mol. The zero-order chi connectivity index (χ0) is 16.1. The Hall–Kier alpha value is -2.82. The predicted molar refractivity (Wildman–Crippen MR) is 88.4 cm³/mol. The topological polar surface area (TPSA) is 41.9 Å². The smallest absolute Gasteiger partial charge is 0.229 e. The van der Waals surface area contributed by atoms with Gasteiger partial charge in [0.15, 0.2) is 0 Å². The molecule has 1 radical (unpaired) electrons. The molecular formula is C19H14FN4. The molecule has 2 aromatic heterocycles. The molecule has 0 saturated heterocycles. The Labute approximate surface area is 139 Å². The van der Waals surface area contributed by atoms with E-state index in [-0.39, 0.29) is 11.2 Å². The summed E-state index contributed by atoms with van der Waals surface area (Å²) >= 11 is 0. The molecule has 117 valence electrons. The Balaban J connectivity index is 1.52. The lowest BCUT2D eigenvalue weighted by Crippen LogP contribution is -2.21. The second kappa shape index (κ2) is 4.84. The highest BCUT2D eigenvalue weighted by molar-refractivity contribution is 5.69. The van der Waals surface area contributed by atoms with Gasteiger partial charge < -0.3 is 4.90 Å². The Morgan fingerprint density at radius 2 is 1.88 bits per heavy atom. The summed E-state index contributed by atoms with van der Waals surface area (Å²) in [6, 6.07) is 11.6. The van der Waals surface area contributed by atoms with Crippen molar-refractivity contribution < 1.29 is 4.39 Å². The molecule has 1 fully saturated rings. The molecule has 5 heteroatoms. The molecule has 2 aliphatic rings. The molecule has 1 aliphatic heterocycles. The van der Waals surface area contributed by atoms with Crippen molar-refractivity contribution in [2.24, 2.45) is 0 Å². The molecule has 1 spiro atoms. The van der Waals surface area contributed by atoms with Crippen LogP contribution in [0, 0.1) is 11.9 Å². The van der Waals surface area contributed by atoms with Crippen LogP contribution in [0.2, 0.25) is 0 Å². The van der Waals surface area contributed by atoms with E-state index >= 15 is 0 Å². The highest BCUT2D eigenvalue weighted by Crippen LogP contribution is 2.56. The number of benzene rings is 1. The lowest BCUT2D eigenvalue weighted by Gasteiger charge is -2.17. The first kappa shape index (κ1) is 13.6. The number of hydrogen-bond acceptors (Lipinski definition) is 4.